The molecule has 0 saturated heterocycles. The average Bonchev–Trinajstić information content (AvgIpc) is 2.62. The first kappa shape index (κ1) is 13.2. The fourth-order valence-corrected chi connectivity index (χ4v) is 2.77. The van der Waals surface area contributed by atoms with Gasteiger partial charge in [-0.1, -0.05) is 35.9 Å². The number of fused-ring (bicyclic) bond motifs is 1. The highest BCUT2D eigenvalue weighted by Gasteiger charge is 2.20. The summed E-state index contributed by atoms with van der Waals surface area (Å²) in [5.41, 5.74) is 3.10. The molecular weight excluding hydrogens is 270 g/mol. The van der Waals surface area contributed by atoms with Crippen molar-refractivity contribution >= 4 is 23.1 Å². The topological polar surface area (TPSA) is 20.3 Å². The highest BCUT2D eigenvalue weighted by Crippen LogP contribution is 2.27. The van der Waals surface area contributed by atoms with Crippen molar-refractivity contribution in [3.8, 4) is 0 Å². The third-order valence-electron chi connectivity index (χ3n) is 3.66. The van der Waals surface area contributed by atoms with E-state index in [4.69, 9.17) is 11.6 Å². The van der Waals surface area contributed by atoms with E-state index in [1.54, 1.807) is 0 Å². The van der Waals surface area contributed by atoms with E-state index in [9.17, 15) is 4.79 Å². The average molecular weight is 286 g/mol. The first-order chi connectivity index (χ1) is 9.74. The van der Waals surface area contributed by atoms with Gasteiger partial charge in [0.25, 0.3) is 0 Å². The normalized spacial score (nSPS) is 14.8. The summed E-state index contributed by atoms with van der Waals surface area (Å²) in [7, 11) is 0. The summed E-state index contributed by atoms with van der Waals surface area (Å²) in [4.78, 5) is 14.4. The molecule has 0 aromatic heterocycles. The second kappa shape index (κ2) is 5.68. The molecule has 2 aromatic carbocycles. The number of nitrogens with zero attached hydrogens (tertiary/aromatic N) is 1. The van der Waals surface area contributed by atoms with E-state index >= 15 is 0 Å². The molecule has 0 saturated carbocycles. The molecule has 0 aliphatic carbocycles. The summed E-state index contributed by atoms with van der Waals surface area (Å²) in [5, 5.41) is 0.750. The van der Waals surface area contributed by atoms with Crippen LogP contribution in [0.2, 0.25) is 5.02 Å². The van der Waals surface area contributed by atoms with Crippen molar-refractivity contribution in [3.63, 3.8) is 0 Å². The van der Waals surface area contributed by atoms with E-state index in [0.29, 0.717) is 6.42 Å². The number of rotatable bonds is 2. The summed E-state index contributed by atoms with van der Waals surface area (Å²) in [6.45, 7) is 1.72. The number of ketones is 1. The number of carbonyl (C=O) groups excluding carboxylic acids is 1. The summed E-state index contributed by atoms with van der Waals surface area (Å²) in [6, 6.07) is 15.8. The number of benzene rings is 2. The lowest BCUT2D eigenvalue weighted by molar-refractivity contribution is 0.0984. The first-order valence-corrected chi connectivity index (χ1v) is 7.23. The summed E-state index contributed by atoms with van der Waals surface area (Å²) in [5.74, 6) is 0.249. The SMILES string of the molecule is O=C1CCCN(Cc2ccc(Cl)cc2)c2ccccc21. The Morgan fingerprint density at radius 1 is 1.05 bits per heavy atom. The van der Waals surface area contributed by atoms with E-state index in [-0.39, 0.29) is 5.78 Å². The van der Waals surface area contributed by atoms with Gasteiger partial charge in [-0.2, -0.15) is 0 Å². The Morgan fingerprint density at radius 2 is 1.80 bits per heavy atom. The molecule has 0 bridgehead atoms. The molecule has 102 valence electrons. The van der Waals surface area contributed by atoms with Gasteiger partial charge in [-0.05, 0) is 36.2 Å². The lowest BCUT2D eigenvalue weighted by Gasteiger charge is -2.24. The Bertz CT molecular complexity index is 621. The Balaban J connectivity index is 1.91. The zero-order valence-electron chi connectivity index (χ0n) is 11.2. The highest BCUT2D eigenvalue weighted by molar-refractivity contribution is 6.30. The van der Waals surface area contributed by atoms with Crippen LogP contribution in [0.25, 0.3) is 0 Å². The molecule has 2 aromatic rings. The Hall–Kier alpha value is -1.80. The van der Waals surface area contributed by atoms with Crippen LogP contribution in [-0.2, 0) is 6.54 Å². The zero-order chi connectivity index (χ0) is 13.9. The maximum Gasteiger partial charge on any atom is 0.165 e. The molecule has 2 nitrogen and oxygen atoms in total. The van der Waals surface area contributed by atoms with Crippen molar-refractivity contribution in [2.45, 2.75) is 19.4 Å². The number of hydrogen-bond donors (Lipinski definition) is 0. The van der Waals surface area contributed by atoms with Gasteiger partial charge in [0.05, 0.1) is 0 Å². The van der Waals surface area contributed by atoms with Crippen molar-refractivity contribution in [2.75, 3.05) is 11.4 Å². The van der Waals surface area contributed by atoms with Crippen LogP contribution in [0.1, 0.15) is 28.8 Å². The number of hydrogen-bond acceptors (Lipinski definition) is 2. The van der Waals surface area contributed by atoms with Gasteiger partial charge < -0.3 is 4.90 Å². The van der Waals surface area contributed by atoms with Gasteiger partial charge in [0.2, 0.25) is 0 Å². The molecule has 0 atom stereocenters. The van der Waals surface area contributed by atoms with Crippen LogP contribution in [-0.4, -0.2) is 12.3 Å². The lowest BCUT2D eigenvalue weighted by Crippen LogP contribution is -2.23. The van der Waals surface area contributed by atoms with Crippen molar-refractivity contribution in [1.29, 1.82) is 0 Å². The van der Waals surface area contributed by atoms with Crippen LogP contribution in [0.4, 0.5) is 5.69 Å². The maximum atomic E-state index is 12.1. The van der Waals surface area contributed by atoms with Gasteiger partial charge in [0.15, 0.2) is 5.78 Å². The standard InChI is InChI=1S/C17H16ClNO/c18-14-9-7-13(8-10-14)12-19-11-3-6-17(20)15-4-1-2-5-16(15)19/h1-2,4-5,7-10H,3,6,11-12H2. The van der Waals surface area contributed by atoms with E-state index < -0.39 is 0 Å². The second-order valence-corrected chi connectivity index (χ2v) is 5.53. The molecule has 1 aliphatic rings. The molecule has 0 N–H and O–H groups in total. The Kier molecular flexibility index (Phi) is 3.75. The Labute approximate surface area is 124 Å². The molecule has 20 heavy (non-hydrogen) atoms. The number of carbonyl (C=O) groups is 1. The predicted octanol–water partition coefficient (Wildman–Crippen LogP) is 4.32. The fraction of sp³-hybridized carbons (Fsp3) is 0.235. The Morgan fingerprint density at radius 3 is 2.60 bits per heavy atom. The minimum Gasteiger partial charge on any atom is -0.367 e. The molecule has 0 spiro atoms. The summed E-state index contributed by atoms with van der Waals surface area (Å²) < 4.78 is 0. The van der Waals surface area contributed by atoms with Crippen molar-refractivity contribution < 1.29 is 4.79 Å². The first-order valence-electron chi connectivity index (χ1n) is 6.85. The summed E-state index contributed by atoms with van der Waals surface area (Å²) >= 11 is 5.92. The molecule has 3 heteroatoms. The largest absolute Gasteiger partial charge is 0.367 e. The van der Waals surface area contributed by atoms with Gasteiger partial charge in [-0.3, -0.25) is 4.79 Å². The van der Waals surface area contributed by atoms with Gasteiger partial charge in [0, 0.05) is 35.8 Å². The van der Waals surface area contributed by atoms with E-state index in [0.717, 1.165) is 35.8 Å². The quantitative estimate of drug-likeness (QED) is 0.819. The third-order valence-corrected chi connectivity index (χ3v) is 3.92. The molecule has 0 amide bonds. The monoisotopic (exact) mass is 285 g/mol. The van der Waals surface area contributed by atoms with Crippen LogP contribution < -0.4 is 4.90 Å². The van der Waals surface area contributed by atoms with Crippen LogP contribution in [0.3, 0.4) is 0 Å². The molecule has 0 radical (unpaired) electrons. The number of halogens is 1. The van der Waals surface area contributed by atoms with Crippen molar-refractivity contribution in [3.05, 3.63) is 64.7 Å². The molecule has 1 aliphatic heterocycles. The number of anilines is 1. The van der Waals surface area contributed by atoms with Gasteiger partial charge >= 0.3 is 0 Å². The smallest absolute Gasteiger partial charge is 0.165 e. The molecule has 0 unspecified atom stereocenters. The van der Waals surface area contributed by atoms with E-state index in [1.165, 1.54) is 5.56 Å². The third kappa shape index (κ3) is 2.70. The van der Waals surface area contributed by atoms with E-state index in [1.807, 2.05) is 48.5 Å². The minimum atomic E-state index is 0.249. The van der Waals surface area contributed by atoms with Crippen LogP contribution >= 0.6 is 11.6 Å². The van der Waals surface area contributed by atoms with Crippen molar-refractivity contribution in [1.82, 2.24) is 0 Å². The summed E-state index contributed by atoms with van der Waals surface area (Å²) in [6.07, 6.45) is 1.54. The second-order valence-electron chi connectivity index (χ2n) is 5.09. The van der Waals surface area contributed by atoms with Crippen LogP contribution in [0.15, 0.2) is 48.5 Å². The van der Waals surface area contributed by atoms with Gasteiger partial charge in [-0.25, -0.2) is 0 Å². The zero-order valence-corrected chi connectivity index (χ0v) is 11.9. The number of Topliss-reactive ketones (excluding diaryl/α,β-unsaturated/α-hetero) is 1. The van der Waals surface area contributed by atoms with Gasteiger partial charge in [-0.15, -0.1) is 0 Å². The van der Waals surface area contributed by atoms with Gasteiger partial charge in [0.1, 0.15) is 0 Å². The van der Waals surface area contributed by atoms with Crippen molar-refractivity contribution in [2.24, 2.45) is 0 Å². The van der Waals surface area contributed by atoms with Crippen LogP contribution in [0.5, 0.6) is 0 Å². The molecule has 3 rings (SSSR count). The molecular formula is C17H16ClNO. The minimum absolute atomic E-state index is 0.249. The lowest BCUT2D eigenvalue weighted by atomic mass is 10.1. The molecule has 0 fully saturated rings. The predicted molar refractivity (Wildman–Crippen MR) is 82.5 cm³/mol. The van der Waals surface area contributed by atoms with Crippen LogP contribution in [0, 0.1) is 0 Å². The fourth-order valence-electron chi connectivity index (χ4n) is 2.65. The maximum absolute atomic E-state index is 12.1. The highest BCUT2D eigenvalue weighted by atomic mass is 35.5. The molecule has 1 heterocycles. The number of para-hydroxylation sites is 1. The van der Waals surface area contributed by atoms with E-state index in [2.05, 4.69) is 4.90 Å².